The van der Waals surface area contributed by atoms with E-state index in [1.807, 2.05) is 47.4 Å². The van der Waals surface area contributed by atoms with Crippen LogP contribution >= 0.6 is 0 Å². The molecule has 2 aliphatic rings. The number of piperazine rings is 1. The van der Waals surface area contributed by atoms with Crippen molar-refractivity contribution in [2.45, 2.75) is 32.1 Å². The number of nitrogens with zero attached hydrogens (tertiary/aromatic N) is 3. The molecule has 1 amide bonds. The fourth-order valence-corrected chi connectivity index (χ4v) is 4.17. The van der Waals surface area contributed by atoms with Crippen LogP contribution in [0.4, 0.5) is 0 Å². The zero-order valence-corrected chi connectivity index (χ0v) is 18.7. The van der Waals surface area contributed by atoms with Crippen LogP contribution < -0.4 is 10.1 Å². The normalized spacial score (nSPS) is 19.2. The Morgan fingerprint density at radius 1 is 1.03 bits per heavy atom. The number of benzene rings is 2. The summed E-state index contributed by atoms with van der Waals surface area (Å²) in [5.41, 5.74) is 2.32. The zero-order valence-electron chi connectivity index (χ0n) is 18.7. The quantitative estimate of drug-likeness (QED) is 0.557. The van der Waals surface area contributed by atoms with Crippen LogP contribution in [0.2, 0.25) is 0 Å². The summed E-state index contributed by atoms with van der Waals surface area (Å²) in [5.74, 6) is 1.85. The summed E-state index contributed by atoms with van der Waals surface area (Å²) in [6, 6.07) is 18.1. The number of hydrogen-bond donors (Lipinski definition) is 1. The number of nitrogens with one attached hydrogen (secondary N) is 1. The molecular weight excluding hydrogens is 404 g/mol. The lowest BCUT2D eigenvalue weighted by Gasteiger charge is -2.37. The van der Waals surface area contributed by atoms with E-state index < -0.39 is 0 Å². The number of rotatable bonds is 6. The van der Waals surface area contributed by atoms with Gasteiger partial charge in [-0.25, -0.2) is 0 Å². The van der Waals surface area contributed by atoms with Gasteiger partial charge in [-0.05, 0) is 36.1 Å². The second kappa shape index (κ2) is 11.0. The van der Waals surface area contributed by atoms with Crippen LogP contribution in [0.3, 0.4) is 0 Å². The SMILES string of the molecule is CN=C(NCc1ccccc1COc1ccccc1)N1CCN(C(=O)C2CCCO2)CC1. The summed E-state index contributed by atoms with van der Waals surface area (Å²) >= 11 is 0. The first-order valence-electron chi connectivity index (χ1n) is 11.3. The average Bonchev–Trinajstić information content (AvgIpc) is 3.39. The van der Waals surface area contributed by atoms with E-state index in [9.17, 15) is 4.79 Å². The predicted molar refractivity (Wildman–Crippen MR) is 125 cm³/mol. The molecule has 32 heavy (non-hydrogen) atoms. The molecule has 1 N–H and O–H groups in total. The van der Waals surface area contributed by atoms with E-state index in [0.29, 0.717) is 32.8 Å². The molecule has 0 saturated carbocycles. The average molecular weight is 437 g/mol. The van der Waals surface area contributed by atoms with Crippen molar-refractivity contribution < 1.29 is 14.3 Å². The number of carbonyl (C=O) groups is 1. The van der Waals surface area contributed by atoms with E-state index >= 15 is 0 Å². The number of aliphatic imine (C=N–C) groups is 1. The monoisotopic (exact) mass is 436 g/mol. The molecule has 0 radical (unpaired) electrons. The number of carbonyl (C=O) groups excluding carboxylic acids is 1. The molecule has 1 unspecified atom stereocenters. The van der Waals surface area contributed by atoms with Gasteiger partial charge in [0.15, 0.2) is 5.96 Å². The zero-order chi connectivity index (χ0) is 22.2. The second-order valence-corrected chi connectivity index (χ2v) is 8.09. The van der Waals surface area contributed by atoms with E-state index in [1.165, 1.54) is 5.56 Å². The van der Waals surface area contributed by atoms with Crippen LogP contribution in [0, 0.1) is 0 Å². The van der Waals surface area contributed by atoms with Gasteiger partial charge in [-0.15, -0.1) is 0 Å². The van der Waals surface area contributed by atoms with Crippen LogP contribution in [0.25, 0.3) is 0 Å². The minimum absolute atomic E-state index is 0.137. The van der Waals surface area contributed by atoms with Crippen LogP contribution in [-0.4, -0.2) is 67.6 Å². The Hall–Kier alpha value is -3.06. The fourth-order valence-electron chi connectivity index (χ4n) is 4.17. The molecule has 0 aromatic heterocycles. The van der Waals surface area contributed by atoms with Crippen molar-refractivity contribution in [3.8, 4) is 5.75 Å². The highest BCUT2D eigenvalue weighted by molar-refractivity contribution is 5.82. The number of ether oxygens (including phenoxy) is 2. The van der Waals surface area contributed by atoms with Crippen molar-refractivity contribution in [1.29, 1.82) is 0 Å². The predicted octanol–water partition coefficient (Wildman–Crippen LogP) is 2.66. The summed E-state index contributed by atoms with van der Waals surface area (Å²) < 4.78 is 11.5. The first kappa shape index (κ1) is 22.1. The minimum Gasteiger partial charge on any atom is -0.489 e. The summed E-state index contributed by atoms with van der Waals surface area (Å²) in [6.07, 6.45) is 1.58. The van der Waals surface area contributed by atoms with E-state index in [2.05, 4.69) is 27.3 Å². The van der Waals surface area contributed by atoms with Crippen molar-refractivity contribution >= 4 is 11.9 Å². The lowest BCUT2D eigenvalue weighted by Crippen LogP contribution is -2.55. The maximum absolute atomic E-state index is 12.6. The standard InChI is InChI=1S/C25H32N4O3/c1-26-25(29-15-13-28(14-16-29)24(30)23-12-7-17-31-23)27-18-20-8-5-6-9-21(20)19-32-22-10-3-2-4-11-22/h2-6,8-11,23H,7,12-19H2,1H3,(H,26,27). The maximum atomic E-state index is 12.6. The molecular formula is C25H32N4O3. The molecule has 0 spiro atoms. The van der Waals surface area contributed by atoms with Gasteiger partial charge in [-0.1, -0.05) is 42.5 Å². The van der Waals surface area contributed by atoms with Gasteiger partial charge in [0.25, 0.3) is 5.91 Å². The van der Waals surface area contributed by atoms with Crippen molar-refractivity contribution in [3.05, 3.63) is 65.7 Å². The van der Waals surface area contributed by atoms with Gasteiger partial charge in [0.2, 0.25) is 0 Å². The van der Waals surface area contributed by atoms with Gasteiger partial charge in [-0.3, -0.25) is 9.79 Å². The molecule has 7 heteroatoms. The first-order valence-corrected chi connectivity index (χ1v) is 11.3. The van der Waals surface area contributed by atoms with Crippen LogP contribution in [-0.2, 0) is 22.7 Å². The largest absolute Gasteiger partial charge is 0.489 e. The minimum atomic E-state index is -0.242. The van der Waals surface area contributed by atoms with Gasteiger partial charge in [0.1, 0.15) is 18.5 Å². The number of guanidine groups is 1. The summed E-state index contributed by atoms with van der Waals surface area (Å²) in [4.78, 5) is 21.2. The topological polar surface area (TPSA) is 66.4 Å². The Labute approximate surface area is 190 Å². The van der Waals surface area contributed by atoms with Crippen molar-refractivity contribution in [1.82, 2.24) is 15.1 Å². The third-order valence-electron chi connectivity index (χ3n) is 6.00. The Morgan fingerprint density at radius 2 is 1.72 bits per heavy atom. The smallest absolute Gasteiger partial charge is 0.251 e. The number of hydrogen-bond acceptors (Lipinski definition) is 4. The van der Waals surface area contributed by atoms with E-state index in [4.69, 9.17) is 9.47 Å². The Balaban J connectivity index is 1.29. The van der Waals surface area contributed by atoms with E-state index in [1.54, 1.807) is 7.05 Å². The van der Waals surface area contributed by atoms with Gasteiger partial charge < -0.3 is 24.6 Å². The lowest BCUT2D eigenvalue weighted by atomic mass is 10.1. The van der Waals surface area contributed by atoms with Crippen molar-refractivity contribution in [2.24, 2.45) is 4.99 Å². The van der Waals surface area contributed by atoms with Gasteiger partial charge in [0.05, 0.1) is 0 Å². The van der Waals surface area contributed by atoms with Crippen LogP contribution in [0.5, 0.6) is 5.75 Å². The highest BCUT2D eigenvalue weighted by Crippen LogP contribution is 2.17. The second-order valence-electron chi connectivity index (χ2n) is 8.09. The Bertz CT molecular complexity index is 904. The van der Waals surface area contributed by atoms with Gasteiger partial charge in [-0.2, -0.15) is 0 Å². The van der Waals surface area contributed by atoms with E-state index in [-0.39, 0.29) is 12.0 Å². The maximum Gasteiger partial charge on any atom is 0.251 e. The molecule has 0 aliphatic carbocycles. The molecule has 2 aromatic carbocycles. The summed E-state index contributed by atoms with van der Waals surface area (Å²) in [7, 11) is 1.80. The van der Waals surface area contributed by atoms with Crippen molar-refractivity contribution in [3.63, 3.8) is 0 Å². The molecule has 7 nitrogen and oxygen atoms in total. The van der Waals surface area contributed by atoms with Crippen molar-refractivity contribution in [2.75, 3.05) is 39.8 Å². The first-order chi connectivity index (χ1) is 15.7. The van der Waals surface area contributed by atoms with Gasteiger partial charge >= 0.3 is 0 Å². The Morgan fingerprint density at radius 3 is 2.41 bits per heavy atom. The molecule has 2 fully saturated rings. The molecule has 0 bridgehead atoms. The van der Waals surface area contributed by atoms with Crippen LogP contribution in [0.1, 0.15) is 24.0 Å². The third-order valence-corrected chi connectivity index (χ3v) is 6.00. The van der Waals surface area contributed by atoms with E-state index in [0.717, 1.165) is 43.2 Å². The van der Waals surface area contributed by atoms with Crippen LogP contribution in [0.15, 0.2) is 59.6 Å². The highest BCUT2D eigenvalue weighted by atomic mass is 16.5. The summed E-state index contributed by atoms with van der Waals surface area (Å²) in [6.45, 7) is 4.79. The number of para-hydroxylation sites is 1. The number of amides is 1. The molecule has 170 valence electrons. The molecule has 2 saturated heterocycles. The molecule has 2 aromatic rings. The fraction of sp³-hybridized carbons (Fsp3) is 0.440. The third kappa shape index (κ3) is 5.59. The lowest BCUT2D eigenvalue weighted by molar-refractivity contribution is -0.142. The molecule has 1 atom stereocenters. The molecule has 2 aliphatic heterocycles. The molecule has 4 rings (SSSR count). The highest BCUT2D eigenvalue weighted by Gasteiger charge is 2.30. The summed E-state index contributed by atoms with van der Waals surface area (Å²) in [5, 5.41) is 3.49. The van der Waals surface area contributed by atoms with Gasteiger partial charge in [0, 0.05) is 46.4 Å². The Kier molecular flexibility index (Phi) is 7.61. The molecule has 2 heterocycles.